The number of amides is 2. The van der Waals surface area contributed by atoms with Crippen molar-refractivity contribution in [3.8, 4) is 11.5 Å². The van der Waals surface area contributed by atoms with E-state index in [1.54, 1.807) is 19.1 Å². The lowest BCUT2D eigenvalue weighted by atomic mass is 10.2. The van der Waals surface area contributed by atoms with Crippen LogP contribution in [0.3, 0.4) is 0 Å². The van der Waals surface area contributed by atoms with E-state index in [4.69, 9.17) is 14.6 Å². The zero-order valence-corrected chi connectivity index (χ0v) is 14.9. The number of carboxylic acid groups (broad SMARTS) is 1. The first kappa shape index (κ1) is 20.9. The normalized spacial score (nSPS) is 10.6. The zero-order valence-electron chi connectivity index (χ0n) is 14.9. The monoisotopic (exact) mass is 365 g/mol. The summed E-state index contributed by atoms with van der Waals surface area (Å²) in [5.41, 5.74) is 2.70. The molecule has 0 aromatic heterocycles. The van der Waals surface area contributed by atoms with Crippen LogP contribution in [-0.4, -0.2) is 48.9 Å². The molecule has 0 fully saturated rings. The molecule has 0 aliphatic heterocycles. The fraction of sp³-hybridized carbons (Fsp3) is 0.412. The molecule has 3 N–H and O–H groups in total. The molecule has 142 valence electrons. The third-order valence-corrected chi connectivity index (χ3v) is 2.88. The lowest BCUT2D eigenvalue weighted by Gasteiger charge is -2.11. The maximum atomic E-state index is 11.6. The van der Waals surface area contributed by atoms with Crippen molar-refractivity contribution in [1.29, 1.82) is 0 Å². The maximum Gasteiger partial charge on any atom is 0.341 e. The molecule has 1 aromatic rings. The Morgan fingerprint density at radius 1 is 1.19 bits per heavy atom. The van der Waals surface area contributed by atoms with E-state index >= 15 is 0 Å². The highest BCUT2D eigenvalue weighted by Gasteiger charge is 2.12. The number of carbonyl (C=O) groups excluding carboxylic acids is 2. The Kier molecular flexibility index (Phi) is 8.62. The van der Waals surface area contributed by atoms with Gasteiger partial charge in [0.15, 0.2) is 18.1 Å². The van der Waals surface area contributed by atoms with Crippen LogP contribution in [0, 0.1) is 5.92 Å². The van der Waals surface area contributed by atoms with Crippen LogP contribution < -0.4 is 20.2 Å². The number of nitrogens with zero attached hydrogens (tertiary/aromatic N) is 1. The van der Waals surface area contributed by atoms with Gasteiger partial charge in [-0.2, -0.15) is 5.10 Å². The summed E-state index contributed by atoms with van der Waals surface area (Å²) in [7, 11) is 0. The summed E-state index contributed by atoms with van der Waals surface area (Å²) in [4.78, 5) is 33.7. The number of hydrazone groups is 1. The fourth-order valence-corrected chi connectivity index (χ4v) is 1.73. The van der Waals surface area contributed by atoms with E-state index in [0.29, 0.717) is 24.5 Å². The summed E-state index contributed by atoms with van der Waals surface area (Å²) >= 11 is 0. The van der Waals surface area contributed by atoms with Gasteiger partial charge >= 0.3 is 17.8 Å². The average Bonchev–Trinajstić information content (AvgIpc) is 2.58. The van der Waals surface area contributed by atoms with Crippen molar-refractivity contribution in [2.45, 2.75) is 20.8 Å². The number of ether oxygens (including phenoxy) is 2. The van der Waals surface area contributed by atoms with Gasteiger partial charge < -0.3 is 19.9 Å². The summed E-state index contributed by atoms with van der Waals surface area (Å²) in [5, 5.41) is 14.9. The van der Waals surface area contributed by atoms with Crippen molar-refractivity contribution in [1.82, 2.24) is 10.7 Å². The maximum absolute atomic E-state index is 11.6. The van der Waals surface area contributed by atoms with E-state index in [2.05, 4.69) is 15.8 Å². The Bertz CT molecular complexity index is 672. The number of rotatable bonds is 9. The van der Waals surface area contributed by atoms with Gasteiger partial charge in [0.1, 0.15) is 0 Å². The van der Waals surface area contributed by atoms with Gasteiger partial charge in [-0.25, -0.2) is 10.2 Å². The largest absolute Gasteiger partial charge is 0.490 e. The first-order chi connectivity index (χ1) is 12.3. The topological polar surface area (TPSA) is 126 Å². The molecule has 0 aliphatic rings. The van der Waals surface area contributed by atoms with Gasteiger partial charge in [0.25, 0.3) is 0 Å². The SMILES string of the molecule is CCOc1cc(/C=N\NC(=O)C(=O)NCC(C)C)ccc1OCC(=O)O. The molecule has 0 radical (unpaired) electrons. The summed E-state index contributed by atoms with van der Waals surface area (Å²) in [6, 6.07) is 4.72. The molecule has 26 heavy (non-hydrogen) atoms. The van der Waals surface area contributed by atoms with E-state index < -0.39 is 24.4 Å². The van der Waals surface area contributed by atoms with Gasteiger partial charge in [-0.3, -0.25) is 9.59 Å². The molecule has 1 aromatic carbocycles. The predicted molar refractivity (Wildman–Crippen MR) is 94.3 cm³/mol. The van der Waals surface area contributed by atoms with E-state index in [-0.39, 0.29) is 11.7 Å². The summed E-state index contributed by atoms with van der Waals surface area (Å²) in [5.74, 6) is -1.87. The van der Waals surface area contributed by atoms with Gasteiger partial charge in [0.05, 0.1) is 12.8 Å². The van der Waals surface area contributed by atoms with Crippen molar-refractivity contribution in [3.63, 3.8) is 0 Å². The zero-order chi connectivity index (χ0) is 19.5. The quantitative estimate of drug-likeness (QED) is 0.337. The molecule has 0 heterocycles. The van der Waals surface area contributed by atoms with Crippen LogP contribution >= 0.6 is 0 Å². The van der Waals surface area contributed by atoms with Crippen LogP contribution in [0.5, 0.6) is 11.5 Å². The summed E-state index contributed by atoms with van der Waals surface area (Å²) in [6.07, 6.45) is 1.33. The summed E-state index contributed by atoms with van der Waals surface area (Å²) in [6.45, 7) is 5.86. The highest BCUT2D eigenvalue weighted by atomic mass is 16.5. The van der Waals surface area contributed by atoms with E-state index in [0.717, 1.165) is 0 Å². The van der Waals surface area contributed by atoms with Gasteiger partial charge in [-0.1, -0.05) is 13.8 Å². The summed E-state index contributed by atoms with van der Waals surface area (Å²) < 4.78 is 10.5. The van der Waals surface area contributed by atoms with Crippen LogP contribution in [-0.2, 0) is 14.4 Å². The Balaban J connectivity index is 2.69. The molecule has 9 heteroatoms. The average molecular weight is 365 g/mol. The molecule has 0 saturated heterocycles. The van der Waals surface area contributed by atoms with Crippen LogP contribution in [0.2, 0.25) is 0 Å². The third kappa shape index (κ3) is 7.65. The lowest BCUT2D eigenvalue weighted by molar-refractivity contribution is -0.139. The second kappa shape index (κ2) is 10.7. The van der Waals surface area contributed by atoms with Crippen LogP contribution in [0.4, 0.5) is 0 Å². The Morgan fingerprint density at radius 2 is 1.92 bits per heavy atom. The molecule has 0 atom stereocenters. The second-order valence-electron chi connectivity index (χ2n) is 5.62. The molecule has 0 aliphatic carbocycles. The molecular formula is C17H23N3O6. The molecule has 0 bridgehead atoms. The minimum Gasteiger partial charge on any atom is -0.490 e. The Morgan fingerprint density at radius 3 is 2.54 bits per heavy atom. The van der Waals surface area contributed by atoms with Crippen LogP contribution in [0.15, 0.2) is 23.3 Å². The molecule has 0 spiro atoms. The number of benzene rings is 1. The van der Waals surface area contributed by atoms with Crippen molar-refractivity contribution in [2.24, 2.45) is 11.0 Å². The van der Waals surface area contributed by atoms with E-state index in [9.17, 15) is 14.4 Å². The first-order valence-corrected chi connectivity index (χ1v) is 8.06. The van der Waals surface area contributed by atoms with Crippen molar-refractivity contribution < 1.29 is 29.0 Å². The standard InChI is InChI=1S/C17H23N3O6/c1-4-25-14-7-12(5-6-13(14)26-10-15(21)22)9-19-20-17(24)16(23)18-8-11(2)3/h5-7,9,11H,4,8,10H2,1-3H3,(H,18,23)(H,20,24)(H,21,22)/b19-9-. The van der Waals surface area contributed by atoms with E-state index in [1.807, 2.05) is 13.8 Å². The van der Waals surface area contributed by atoms with Gasteiger partial charge in [-0.05, 0) is 36.6 Å². The van der Waals surface area contributed by atoms with Crippen molar-refractivity contribution in [3.05, 3.63) is 23.8 Å². The molecule has 2 amide bonds. The van der Waals surface area contributed by atoms with Crippen LogP contribution in [0.1, 0.15) is 26.3 Å². The predicted octanol–water partition coefficient (Wildman–Crippen LogP) is 0.771. The molecule has 0 saturated carbocycles. The van der Waals surface area contributed by atoms with Crippen LogP contribution in [0.25, 0.3) is 0 Å². The first-order valence-electron chi connectivity index (χ1n) is 8.06. The smallest absolute Gasteiger partial charge is 0.341 e. The molecule has 9 nitrogen and oxygen atoms in total. The van der Waals surface area contributed by atoms with Gasteiger partial charge in [-0.15, -0.1) is 0 Å². The molecule has 0 unspecified atom stereocenters. The van der Waals surface area contributed by atoms with Crippen molar-refractivity contribution >= 4 is 24.0 Å². The molecule has 1 rings (SSSR count). The Labute approximate surface area is 151 Å². The number of aliphatic carboxylic acids is 1. The number of nitrogens with one attached hydrogen (secondary N) is 2. The lowest BCUT2D eigenvalue weighted by Crippen LogP contribution is -2.39. The highest BCUT2D eigenvalue weighted by molar-refractivity contribution is 6.35. The van der Waals surface area contributed by atoms with Gasteiger partial charge in [0, 0.05) is 6.54 Å². The fourth-order valence-electron chi connectivity index (χ4n) is 1.73. The Hall–Kier alpha value is -3.10. The minimum absolute atomic E-state index is 0.231. The number of carbonyl (C=O) groups is 3. The van der Waals surface area contributed by atoms with Crippen molar-refractivity contribution in [2.75, 3.05) is 19.8 Å². The second-order valence-corrected chi connectivity index (χ2v) is 5.62. The third-order valence-electron chi connectivity index (χ3n) is 2.88. The number of carboxylic acids is 1. The van der Waals surface area contributed by atoms with E-state index in [1.165, 1.54) is 12.3 Å². The van der Waals surface area contributed by atoms with Gasteiger partial charge in [0.2, 0.25) is 0 Å². The molecular weight excluding hydrogens is 342 g/mol. The number of hydrogen-bond acceptors (Lipinski definition) is 6. The highest BCUT2D eigenvalue weighted by Crippen LogP contribution is 2.28. The number of hydrogen-bond donors (Lipinski definition) is 3. The minimum atomic E-state index is -1.10.